The maximum absolute atomic E-state index is 9.98. The topological polar surface area (TPSA) is 29.5 Å². The molecule has 2 aliphatic carbocycles. The van der Waals surface area contributed by atoms with Crippen molar-refractivity contribution < 1.29 is 9.84 Å². The van der Waals surface area contributed by atoms with Crippen LogP contribution in [-0.4, -0.2) is 17.3 Å². The molecule has 2 heteroatoms. The molecule has 0 aliphatic heterocycles. The predicted octanol–water partition coefficient (Wildman–Crippen LogP) is 3.89. The van der Waals surface area contributed by atoms with E-state index in [-0.39, 0.29) is 12.2 Å². The first-order valence-electron chi connectivity index (χ1n) is 7.80. The molecule has 0 heterocycles. The highest BCUT2D eigenvalue weighted by Gasteiger charge is 2.46. The molecule has 4 rings (SSSR count). The van der Waals surface area contributed by atoms with Crippen molar-refractivity contribution in [2.24, 2.45) is 11.8 Å². The van der Waals surface area contributed by atoms with Crippen LogP contribution in [0.25, 0.3) is 11.1 Å². The van der Waals surface area contributed by atoms with Gasteiger partial charge in [-0.05, 0) is 48.4 Å². The number of rotatable bonds is 3. The summed E-state index contributed by atoms with van der Waals surface area (Å²) in [6, 6.07) is 18.7. The lowest BCUT2D eigenvalue weighted by Crippen LogP contribution is -2.32. The molecule has 4 atom stereocenters. The van der Waals surface area contributed by atoms with Crippen molar-refractivity contribution in [2.75, 3.05) is 0 Å². The molecule has 2 nitrogen and oxygen atoms in total. The Hall–Kier alpha value is -1.80. The summed E-state index contributed by atoms with van der Waals surface area (Å²) in [7, 11) is 0. The number of hydrogen-bond donors (Lipinski definition) is 1. The van der Waals surface area contributed by atoms with Gasteiger partial charge in [-0.3, -0.25) is 0 Å². The van der Waals surface area contributed by atoms with E-state index in [2.05, 4.69) is 36.4 Å². The van der Waals surface area contributed by atoms with Gasteiger partial charge in [0.2, 0.25) is 0 Å². The second-order valence-electron chi connectivity index (χ2n) is 6.35. The van der Waals surface area contributed by atoms with Crippen LogP contribution in [0.3, 0.4) is 0 Å². The molecule has 0 saturated heterocycles. The third kappa shape index (κ3) is 2.44. The Morgan fingerprint density at radius 1 is 0.810 bits per heavy atom. The minimum Gasteiger partial charge on any atom is -0.490 e. The van der Waals surface area contributed by atoms with E-state index in [1.165, 1.54) is 11.1 Å². The molecule has 0 amide bonds. The number of fused-ring (bicyclic) bond motifs is 2. The maximum Gasteiger partial charge on any atom is 0.119 e. The standard InChI is InChI=1S/C19H20O2/c20-18-11-13-10-17(18)19(12-13)21-16-8-6-15(7-9-16)14-4-2-1-3-5-14/h1-9,13,17-20H,10-12H2. The lowest BCUT2D eigenvalue weighted by Gasteiger charge is -2.26. The molecule has 108 valence electrons. The van der Waals surface area contributed by atoms with E-state index in [1.54, 1.807) is 0 Å². The van der Waals surface area contributed by atoms with E-state index in [1.807, 2.05) is 18.2 Å². The zero-order valence-electron chi connectivity index (χ0n) is 12.0. The average molecular weight is 280 g/mol. The van der Waals surface area contributed by atoms with Crippen molar-refractivity contribution >= 4 is 0 Å². The lowest BCUT2D eigenvalue weighted by atomic mass is 9.95. The van der Waals surface area contributed by atoms with E-state index in [9.17, 15) is 5.11 Å². The fourth-order valence-corrected chi connectivity index (χ4v) is 3.92. The summed E-state index contributed by atoms with van der Waals surface area (Å²) in [5, 5.41) is 9.98. The van der Waals surface area contributed by atoms with Gasteiger partial charge >= 0.3 is 0 Å². The zero-order chi connectivity index (χ0) is 14.2. The van der Waals surface area contributed by atoms with Gasteiger partial charge in [0.15, 0.2) is 0 Å². The van der Waals surface area contributed by atoms with Gasteiger partial charge in [-0.1, -0.05) is 42.5 Å². The van der Waals surface area contributed by atoms with Crippen molar-refractivity contribution in [1.29, 1.82) is 0 Å². The molecular weight excluding hydrogens is 260 g/mol. The SMILES string of the molecule is OC1CC2CC(Oc3ccc(-c4ccccc4)cc3)C1C2. The molecule has 21 heavy (non-hydrogen) atoms. The van der Waals surface area contributed by atoms with E-state index in [0.29, 0.717) is 11.8 Å². The first-order chi connectivity index (χ1) is 10.3. The summed E-state index contributed by atoms with van der Waals surface area (Å²) in [6.45, 7) is 0. The molecule has 0 spiro atoms. The molecule has 2 aromatic rings. The van der Waals surface area contributed by atoms with Crippen LogP contribution in [0.15, 0.2) is 54.6 Å². The summed E-state index contributed by atoms with van der Waals surface area (Å²) < 4.78 is 6.11. The van der Waals surface area contributed by atoms with Crippen molar-refractivity contribution in [2.45, 2.75) is 31.5 Å². The second kappa shape index (κ2) is 5.19. The fraction of sp³-hybridized carbons (Fsp3) is 0.368. The van der Waals surface area contributed by atoms with Gasteiger partial charge in [-0.15, -0.1) is 0 Å². The third-order valence-corrected chi connectivity index (χ3v) is 4.97. The smallest absolute Gasteiger partial charge is 0.119 e. The van der Waals surface area contributed by atoms with Gasteiger partial charge in [-0.2, -0.15) is 0 Å². The van der Waals surface area contributed by atoms with Crippen LogP contribution < -0.4 is 4.74 Å². The molecule has 2 aromatic carbocycles. The van der Waals surface area contributed by atoms with E-state index in [4.69, 9.17) is 4.74 Å². The van der Waals surface area contributed by atoms with Crippen LogP contribution in [0.4, 0.5) is 0 Å². The number of ether oxygens (including phenoxy) is 1. The third-order valence-electron chi connectivity index (χ3n) is 4.97. The van der Waals surface area contributed by atoms with Crippen LogP contribution in [0.1, 0.15) is 19.3 Å². The largest absolute Gasteiger partial charge is 0.490 e. The highest BCUT2D eigenvalue weighted by atomic mass is 16.5. The average Bonchev–Trinajstić information content (AvgIpc) is 3.08. The highest BCUT2D eigenvalue weighted by Crippen LogP contribution is 2.46. The van der Waals surface area contributed by atoms with Crippen LogP contribution in [0.5, 0.6) is 5.75 Å². The van der Waals surface area contributed by atoms with Crippen LogP contribution in [-0.2, 0) is 0 Å². The lowest BCUT2D eigenvalue weighted by molar-refractivity contribution is 0.0334. The van der Waals surface area contributed by atoms with Crippen molar-refractivity contribution in [1.82, 2.24) is 0 Å². The number of aliphatic hydroxyl groups is 1. The molecule has 2 bridgehead atoms. The predicted molar refractivity (Wildman–Crippen MR) is 83.1 cm³/mol. The first kappa shape index (κ1) is 12.9. The minimum atomic E-state index is -0.155. The summed E-state index contributed by atoms with van der Waals surface area (Å²) >= 11 is 0. The summed E-state index contributed by atoms with van der Waals surface area (Å²) in [5.41, 5.74) is 2.43. The first-order valence-corrected chi connectivity index (χ1v) is 7.80. The van der Waals surface area contributed by atoms with Gasteiger partial charge in [0.25, 0.3) is 0 Å². The van der Waals surface area contributed by atoms with Crippen molar-refractivity contribution in [3.8, 4) is 16.9 Å². The highest BCUT2D eigenvalue weighted by molar-refractivity contribution is 5.63. The Bertz CT molecular complexity index is 605. The monoisotopic (exact) mass is 280 g/mol. The number of benzene rings is 2. The number of aliphatic hydroxyl groups excluding tert-OH is 1. The summed E-state index contributed by atoms with van der Waals surface area (Å²) in [4.78, 5) is 0. The fourth-order valence-electron chi connectivity index (χ4n) is 3.92. The van der Waals surface area contributed by atoms with Crippen LogP contribution in [0, 0.1) is 11.8 Å². The van der Waals surface area contributed by atoms with Gasteiger partial charge in [0, 0.05) is 5.92 Å². The molecule has 4 unspecified atom stereocenters. The van der Waals surface area contributed by atoms with Gasteiger partial charge in [0.1, 0.15) is 11.9 Å². The van der Waals surface area contributed by atoms with E-state index in [0.717, 1.165) is 25.0 Å². The summed E-state index contributed by atoms with van der Waals surface area (Å²) in [5.74, 6) is 1.92. The molecule has 0 radical (unpaired) electrons. The quantitative estimate of drug-likeness (QED) is 0.924. The van der Waals surface area contributed by atoms with Crippen LogP contribution >= 0.6 is 0 Å². The van der Waals surface area contributed by atoms with Gasteiger partial charge in [-0.25, -0.2) is 0 Å². The van der Waals surface area contributed by atoms with E-state index < -0.39 is 0 Å². The van der Waals surface area contributed by atoms with Crippen LogP contribution in [0.2, 0.25) is 0 Å². The number of hydrogen-bond acceptors (Lipinski definition) is 2. The van der Waals surface area contributed by atoms with Crippen molar-refractivity contribution in [3.63, 3.8) is 0 Å². The summed E-state index contributed by atoms with van der Waals surface area (Å²) in [6.07, 6.45) is 3.24. The zero-order valence-corrected chi connectivity index (χ0v) is 12.0. The molecular formula is C19H20O2. The molecule has 2 aliphatic rings. The Balaban J connectivity index is 1.48. The Morgan fingerprint density at radius 3 is 2.19 bits per heavy atom. The Labute approximate surface area is 125 Å². The Morgan fingerprint density at radius 2 is 1.52 bits per heavy atom. The van der Waals surface area contributed by atoms with Gasteiger partial charge in [0.05, 0.1) is 6.10 Å². The van der Waals surface area contributed by atoms with Crippen molar-refractivity contribution in [3.05, 3.63) is 54.6 Å². The second-order valence-corrected chi connectivity index (χ2v) is 6.35. The molecule has 1 N–H and O–H groups in total. The normalized spacial score (nSPS) is 30.5. The maximum atomic E-state index is 9.98. The minimum absolute atomic E-state index is 0.155. The molecule has 0 aromatic heterocycles. The molecule has 2 fully saturated rings. The molecule has 2 saturated carbocycles. The van der Waals surface area contributed by atoms with Gasteiger partial charge < -0.3 is 9.84 Å². The Kier molecular flexibility index (Phi) is 3.19. The van der Waals surface area contributed by atoms with E-state index >= 15 is 0 Å².